The van der Waals surface area contributed by atoms with Gasteiger partial charge in [-0.1, -0.05) is 12.1 Å². The highest BCUT2D eigenvalue weighted by molar-refractivity contribution is 5.94. The topological polar surface area (TPSA) is 64.7 Å². The van der Waals surface area contributed by atoms with Crippen molar-refractivity contribution in [3.63, 3.8) is 0 Å². The summed E-state index contributed by atoms with van der Waals surface area (Å²) in [5, 5.41) is 5.93. The van der Waals surface area contributed by atoms with Gasteiger partial charge >= 0.3 is 6.03 Å². The summed E-state index contributed by atoms with van der Waals surface area (Å²) in [6.45, 7) is 8.01. The zero-order chi connectivity index (χ0) is 19.1. The number of carbonyl (C=O) groups excluding carboxylic acids is 2. The number of rotatable bonds is 6. The molecule has 2 aliphatic rings. The van der Waals surface area contributed by atoms with E-state index in [9.17, 15) is 9.59 Å². The molecular formula is C21H32N4O2. The number of urea groups is 1. The fourth-order valence-electron chi connectivity index (χ4n) is 4.07. The number of hydrogen-bond acceptors (Lipinski definition) is 3. The number of nitrogens with zero attached hydrogens (tertiary/aromatic N) is 2. The molecule has 2 aliphatic heterocycles. The highest BCUT2D eigenvalue weighted by atomic mass is 16.2. The third kappa shape index (κ3) is 5.45. The van der Waals surface area contributed by atoms with Gasteiger partial charge in [0.1, 0.15) is 0 Å². The molecule has 1 atom stereocenters. The Kier molecular flexibility index (Phi) is 7.10. The van der Waals surface area contributed by atoms with Gasteiger partial charge in [-0.3, -0.25) is 4.79 Å². The zero-order valence-electron chi connectivity index (χ0n) is 16.4. The fraction of sp³-hybridized carbons (Fsp3) is 0.619. The fourth-order valence-corrected chi connectivity index (χ4v) is 4.07. The number of piperidine rings is 1. The first kappa shape index (κ1) is 19.7. The van der Waals surface area contributed by atoms with E-state index in [1.807, 2.05) is 30.0 Å². The molecule has 2 fully saturated rings. The van der Waals surface area contributed by atoms with E-state index in [2.05, 4.69) is 21.6 Å². The number of carbonyl (C=O) groups is 2. The molecule has 0 bridgehead atoms. The Morgan fingerprint density at radius 2 is 1.93 bits per heavy atom. The molecular weight excluding hydrogens is 340 g/mol. The molecule has 2 N–H and O–H groups in total. The molecule has 3 rings (SSSR count). The molecule has 148 valence electrons. The van der Waals surface area contributed by atoms with Crippen molar-refractivity contribution >= 4 is 11.9 Å². The number of likely N-dealkylation sites (tertiary alicyclic amines) is 2. The molecule has 0 unspecified atom stereocenters. The smallest absolute Gasteiger partial charge is 0.317 e. The minimum Gasteiger partial charge on any atom is -0.351 e. The van der Waals surface area contributed by atoms with E-state index in [0.29, 0.717) is 31.1 Å². The Bertz CT molecular complexity index is 643. The van der Waals surface area contributed by atoms with Crippen LogP contribution in [0.2, 0.25) is 0 Å². The Balaban J connectivity index is 1.55. The number of hydrogen-bond donors (Lipinski definition) is 2. The summed E-state index contributed by atoms with van der Waals surface area (Å²) in [4.78, 5) is 28.9. The first-order chi connectivity index (χ1) is 13.2. The van der Waals surface area contributed by atoms with E-state index in [4.69, 9.17) is 0 Å². The molecule has 0 spiro atoms. The molecule has 0 aromatic heterocycles. The van der Waals surface area contributed by atoms with Gasteiger partial charge < -0.3 is 20.4 Å². The van der Waals surface area contributed by atoms with E-state index >= 15 is 0 Å². The molecule has 0 radical (unpaired) electrons. The predicted octanol–water partition coefficient (Wildman–Crippen LogP) is 2.42. The van der Waals surface area contributed by atoms with E-state index < -0.39 is 0 Å². The first-order valence-corrected chi connectivity index (χ1v) is 10.3. The van der Waals surface area contributed by atoms with Crippen molar-refractivity contribution < 1.29 is 9.59 Å². The molecule has 6 nitrogen and oxygen atoms in total. The van der Waals surface area contributed by atoms with Crippen molar-refractivity contribution in [2.75, 3.05) is 45.8 Å². The van der Waals surface area contributed by atoms with Crippen LogP contribution in [-0.2, 0) is 0 Å². The van der Waals surface area contributed by atoms with Crippen LogP contribution in [-0.4, -0.2) is 67.6 Å². The maximum Gasteiger partial charge on any atom is 0.317 e. The van der Waals surface area contributed by atoms with Crippen LogP contribution in [0.15, 0.2) is 24.3 Å². The minimum absolute atomic E-state index is 0.00700. The second-order valence-corrected chi connectivity index (χ2v) is 7.55. The third-order valence-corrected chi connectivity index (χ3v) is 5.57. The highest BCUT2D eigenvalue weighted by Crippen LogP contribution is 2.27. The normalized spacial score (nSPS) is 20.5. The average Bonchev–Trinajstić information content (AvgIpc) is 3.22. The molecule has 1 aromatic carbocycles. The monoisotopic (exact) mass is 372 g/mol. The third-order valence-electron chi connectivity index (χ3n) is 5.57. The van der Waals surface area contributed by atoms with Crippen molar-refractivity contribution in [2.45, 2.75) is 38.5 Å². The van der Waals surface area contributed by atoms with Crippen LogP contribution in [0.3, 0.4) is 0 Å². The summed E-state index contributed by atoms with van der Waals surface area (Å²) in [5.41, 5.74) is 1.86. The van der Waals surface area contributed by atoms with Crippen molar-refractivity contribution in [1.82, 2.24) is 20.4 Å². The van der Waals surface area contributed by atoms with Gasteiger partial charge in [0, 0.05) is 44.2 Å². The second-order valence-electron chi connectivity index (χ2n) is 7.55. The maximum atomic E-state index is 12.5. The maximum absolute atomic E-state index is 12.5. The Morgan fingerprint density at radius 1 is 1.11 bits per heavy atom. The summed E-state index contributed by atoms with van der Waals surface area (Å²) in [7, 11) is 0. The molecule has 0 saturated carbocycles. The number of amides is 3. The molecule has 0 aliphatic carbocycles. The van der Waals surface area contributed by atoms with E-state index in [-0.39, 0.29) is 11.9 Å². The van der Waals surface area contributed by atoms with Crippen LogP contribution in [0.1, 0.15) is 54.4 Å². The van der Waals surface area contributed by atoms with Gasteiger partial charge in [0.05, 0.1) is 0 Å². The van der Waals surface area contributed by atoms with Crippen LogP contribution < -0.4 is 10.6 Å². The minimum atomic E-state index is -0.00700. The molecule has 6 heteroatoms. The summed E-state index contributed by atoms with van der Waals surface area (Å²) < 4.78 is 0. The molecule has 2 heterocycles. The van der Waals surface area contributed by atoms with Crippen LogP contribution in [0.5, 0.6) is 0 Å². The van der Waals surface area contributed by atoms with Gasteiger partial charge in [0.2, 0.25) is 0 Å². The predicted molar refractivity (Wildman–Crippen MR) is 107 cm³/mol. The quantitative estimate of drug-likeness (QED) is 0.806. The van der Waals surface area contributed by atoms with Crippen molar-refractivity contribution in [1.29, 1.82) is 0 Å². The SMILES string of the molecule is CCNC(=O)N1CCC[C@@H](c2cccc(C(=O)NCCN3CCCC3)c2)C1. The molecule has 2 saturated heterocycles. The zero-order valence-corrected chi connectivity index (χ0v) is 16.4. The van der Waals surface area contributed by atoms with Crippen LogP contribution in [0.25, 0.3) is 0 Å². The van der Waals surface area contributed by atoms with E-state index in [0.717, 1.165) is 44.6 Å². The summed E-state index contributed by atoms with van der Waals surface area (Å²) in [5.74, 6) is 0.283. The van der Waals surface area contributed by atoms with Gasteiger partial charge in [-0.15, -0.1) is 0 Å². The van der Waals surface area contributed by atoms with Gasteiger partial charge in [0.15, 0.2) is 0 Å². The number of nitrogens with one attached hydrogen (secondary N) is 2. The van der Waals surface area contributed by atoms with Crippen molar-refractivity contribution in [3.8, 4) is 0 Å². The Morgan fingerprint density at radius 3 is 2.70 bits per heavy atom. The van der Waals surface area contributed by atoms with Crippen LogP contribution in [0, 0.1) is 0 Å². The van der Waals surface area contributed by atoms with Crippen molar-refractivity contribution in [2.24, 2.45) is 0 Å². The second kappa shape index (κ2) is 9.74. The molecule has 3 amide bonds. The van der Waals surface area contributed by atoms with Gasteiger partial charge in [-0.05, 0) is 63.4 Å². The molecule has 1 aromatic rings. The molecule has 27 heavy (non-hydrogen) atoms. The lowest BCUT2D eigenvalue weighted by Gasteiger charge is -2.33. The Hall–Kier alpha value is -2.08. The summed E-state index contributed by atoms with van der Waals surface area (Å²) >= 11 is 0. The number of benzene rings is 1. The Labute approximate surface area is 162 Å². The lowest BCUT2D eigenvalue weighted by atomic mass is 9.89. The average molecular weight is 373 g/mol. The largest absolute Gasteiger partial charge is 0.351 e. The lowest BCUT2D eigenvalue weighted by molar-refractivity contribution is 0.0949. The van der Waals surface area contributed by atoms with Gasteiger partial charge in [-0.25, -0.2) is 4.79 Å². The van der Waals surface area contributed by atoms with Crippen LogP contribution in [0.4, 0.5) is 4.79 Å². The lowest BCUT2D eigenvalue weighted by Crippen LogP contribution is -2.44. The standard InChI is InChI=1S/C21H32N4O2/c1-2-22-21(27)25-13-6-9-19(16-25)17-7-5-8-18(15-17)20(26)23-10-14-24-11-3-4-12-24/h5,7-8,15,19H,2-4,6,9-14,16H2,1H3,(H,22,27)(H,23,26)/t19-/m1/s1. The van der Waals surface area contributed by atoms with Gasteiger partial charge in [0.25, 0.3) is 5.91 Å². The summed E-state index contributed by atoms with van der Waals surface area (Å²) in [6, 6.07) is 7.91. The van der Waals surface area contributed by atoms with Gasteiger partial charge in [-0.2, -0.15) is 0 Å². The van der Waals surface area contributed by atoms with E-state index in [1.54, 1.807) is 0 Å². The van der Waals surface area contributed by atoms with Crippen LogP contribution >= 0.6 is 0 Å². The van der Waals surface area contributed by atoms with Crippen molar-refractivity contribution in [3.05, 3.63) is 35.4 Å². The first-order valence-electron chi connectivity index (χ1n) is 10.3. The summed E-state index contributed by atoms with van der Waals surface area (Å²) in [6.07, 6.45) is 4.58. The highest BCUT2D eigenvalue weighted by Gasteiger charge is 2.25. The van der Waals surface area contributed by atoms with E-state index in [1.165, 1.54) is 12.8 Å².